The Kier molecular flexibility index (Phi) is 6.50. The summed E-state index contributed by atoms with van der Waals surface area (Å²) in [5.41, 5.74) is 4.67. The van der Waals surface area contributed by atoms with Crippen molar-refractivity contribution in [1.29, 1.82) is 0 Å². The van der Waals surface area contributed by atoms with Crippen molar-refractivity contribution in [3.05, 3.63) is 59.7 Å². The number of benzene rings is 2. The quantitative estimate of drug-likeness (QED) is 0.527. The van der Waals surface area contributed by atoms with Crippen LogP contribution in [0.25, 0.3) is 11.1 Å². The molecule has 0 spiro atoms. The van der Waals surface area contributed by atoms with Gasteiger partial charge in [-0.1, -0.05) is 55.5 Å². The minimum atomic E-state index is -0.734. The van der Waals surface area contributed by atoms with E-state index in [0.29, 0.717) is 25.2 Å². The molecule has 7 nitrogen and oxygen atoms in total. The zero-order valence-electron chi connectivity index (χ0n) is 19.9. The predicted molar refractivity (Wildman–Crippen MR) is 131 cm³/mol. The predicted octanol–water partition coefficient (Wildman–Crippen LogP) is 4.31. The summed E-state index contributed by atoms with van der Waals surface area (Å²) in [4.78, 5) is 36.5. The summed E-state index contributed by atoms with van der Waals surface area (Å²) >= 11 is 0. The number of carbonyl (C=O) groups excluding carboxylic acids is 2. The van der Waals surface area contributed by atoms with Crippen molar-refractivity contribution in [2.24, 2.45) is 17.8 Å². The van der Waals surface area contributed by atoms with Crippen LogP contribution in [-0.4, -0.2) is 41.8 Å². The molecule has 2 aromatic carbocycles. The molecule has 5 rings (SSSR count). The van der Waals surface area contributed by atoms with Gasteiger partial charge in [0.2, 0.25) is 5.91 Å². The molecule has 0 saturated heterocycles. The molecule has 184 valence electrons. The van der Waals surface area contributed by atoms with Gasteiger partial charge in [0.05, 0.1) is 5.92 Å². The van der Waals surface area contributed by atoms with Crippen molar-refractivity contribution in [1.82, 2.24) is 10.6 Å². The molecule has 5 atom stereocenters. The molecule has 0 heterocycles. The number of hydrogen-bond donors (Lipinski definition) is 3. The molecule has 3 aliphatic carbocycles. The first-order valence-electron chi connectivity index (χ1n) is 12.6. The molecule has 0 aromatic heterocycles. The van der Waals surface area contributed by atoms with Crippen molar-refractivity contribution in [2.75, 3.05) is 6.61 Å². The number of amides is 2. The number of ether oxygens (including phenoxy) is 1. The summed E-state index contributed by atoms with van der Waals surface area (Å²) in [6.07, 6.45) is 2.46. The van der Waals surface area contributed by atoms with E-state index in [0.717, 1.165) is 17.5 Å². The number of carbonyl (C=O) groups is 3. The number of hydrogen-bond acceptors (Lipinski definition) is 4. The zero-order valence-corrected chi connectivity index (χ0v) is 19.9. The standard InChI is InChI=1S/C28H32N2O5/c1-2-18(14-26(31)30-25-13-16-11-17(27(32)33)12-23(16)25)29-28(34)35-15-24-21-9-5-3-7-19(21)20-8-4-6-10-22(20)24/h3-10,16-18,23-25H,2,11-15H2,1H3,(H,29,34)(H,30,31)(H,32,33)/t16-,17?,18-,23-,25+/m1/s1. The van der Waals surface area contributed by atoms with E-state index in [4.69, 9.17) is 4.74 Å². The van der Waals surface area contributed by atoms with Gasteiger partial charge in [-0.05, 0) is 59.8 Å². The summed E-state index contributed by atoms with van der Waals surface area (Å²) in [6, 6.07) is 16.1. The highest BCUT2D eigenvalue weighted by molar-refractivity contribution is 5.80. The van der Waals surface area contributed by atoms with Crippen LogP contribution in [0.5, 0.6) is 0 Å². The highest BCUT2D eigenvalue weighted by Gasteiger charge is 2.49. The van der Waals surface area contributed by atoms with Crippen LogP contribution in [0, 0.1) is 17.8 Å². The third kappa shape index (κ3) is 4.64. The maximum atomic E-state index is 12.6. The van der Waals surface area contributed by atoms with Gasteiger partial charge in [0.25, 0.3) is 0 Å². The molecule has 35 heavy (non-hydrogen) atoms. The van der Waals surface area contributed by atoms with E-state index >= 15 is 0 Å². The molecule has 0 radical (unpaired) electrons. The first-order chi connectivity index (χ1) is 16.9. The average molecular weight is 477 g/mol. The maximum Gasteiger partial charge on any atom is 0.407 e. The minimum absolute atomic E-state index is 0.0101. The molecule has 0 aliphatic heterocycles. The zero-order chi connectivity index (χ0) is 24.5. The van der Waals surface area contributed by atoms with Crippen LogP contribution in [0.3, 0.4) is 0 Å². The van der Waals surface area contributed by atoms with Gasteiger partial charge in [-0.2, -0.15) is 0 Å². The Morgan fingerprint density at radius 3 is 2.29 bits per heavy atom. The van der Waals surface area contributed by atoms with E-state index < -0.39 is 12.1 Å². The second-order valence-electron chi connectivity index (χ2n) is 10.1. The normalized spacial score (nSPS) is 24.9. The summed E-state index contributed by atoms with van der Waals surface area (Å²) in [5.74, 6) is -0.479. The lowest BCUT2D eigenvalue weighted by Crippen LogP contribution is -2.51. The van der Waals surface area contributed by atoms with E-state index in [1.165, 1.54) is 11.1 Å². The number of fused-ring (bicyclic) bond motifs is 4. The smallest absolute Gasteiger partial charge is 0.407 e. The van der Waals surface area contributed by atoms with Crippen molar-refractivity contribution in [2.45, 2.75) is 57.0 Å². The molecule has 2 saturated carbocycles. The molecular weight excluding hydrogens is 444 g/mol. The first kappa shape index (κ1) is 23.4. The van der Waals surface area contributed by atoms with Gasteiger partial charge in [-0.3, -0.25) is 9.59 Å². The molecule has 2 fully saturated rings. The van der Waals surface area contributed by atoms with Crippen LogP contribution < -0.4 is 10.6 Å². The molecule has 3 aliphatic rings. The lowest BCUT2D eigenvalue weighted by Gasteiger charge is -2.41. The Balaban J connectivity index is 1.11. The summed E-state index contributed by atoms with van der Waals surface area (Å²) < 4.78 is 5.62. The number of rotatable bonds is 8. The number of alkyl carbamates (subject to hydrolysis) is 1. The lowest BCUT2D eigenvalue weighted by atomic mass is 9.71. The SMILES string of the molecule is CC[C@H](CC(=O)N[C@H]1C[C@H]2CC(C(=O)O)C[C@H]21)NC(=O)OCC1c2ccccc2-c2ccccc21. The fourth-order valence-electron chi connectivity index (χ4n) is 6.19. The molecular formula is C28H32N2O5. The molecule has 1 unspecified atom stereocenters. The van der Waals surface area contributed by atoms with Crippen LogP contribution in [0.15, 0.2) is 48.5 Å². The third-order valence-electron chi connectivity index (χ3n) is 8.11. The molecule has 7 heteroatoms. The van der Waals surface area contributed by atoms with Crippen molar-refractivity contribution in [3.63, 3.8) is 0 Å². The fourth-order valence-corrected chi connectivity index (χ4v) is 6.19. The number of carboxylic acid groups (broad SMARTS) is 1. The molecule has 0 bridgehead atoms. The largest absolute Gasteiger partial charge is 0.481 e. The number of nitrogens with one attached hydrogen (secondary N) is 2. The van der Waals surface area contributed by atoms with Gasteiger partial charge in [0, 0.05) is 24.4 Å². The van der Waals surface area contributed by atoms with Crippen LogP contribution >= 0.6 is 0 Å². The summed E-state index contributed by atoms with van der Waals surface area (Å²) in [7, 11) is 0. The summed E-state index contributed by atoms with van der Waals surface area (Å²) in [6.45, 7) is 2.16. The Morgan fingerprint density at radius 2 is 1.66 bits per heavy atom. The average Bonchev–Trinajstić information content (AvgIpc) is 3.36. The molecule has 2 aromatic rings. The minimum Gasteiger partial charge on any atom is -0.481 e. The highest BCUT2D eigenvalue weighted by atomic mass is 16.5. The monoisotopic (exact) mass is 476 g/mol. The maximum absolute atomic E-state index is 12.6. The van der Waals surface area contributed by atoms with Gasteiger partial charge < -0.3 is 20.5 Å². The van der Waals surface area contributed by atoms with E-state index in [1.807, 2.05) is 31.2 Å². The van der Waals surface area contributed by atoms with E-state index in [9.17, 15) is 19.5 Å². The Morgan fingerprint density at radius 1 is 1.00 bits per heavy atom. The Hall–Kier alpha value is -3.35. The van der Waals surface area contributed by atoms with Gasteiger partial charge in [0.1, 0.15) is 6.61 Å². The fraction of sp³-hybridized carbons (Fsp3) is 0.464. The van der Waals surface area contributed by atoms with Gasteiger partial charge in [-0.15, -0.1) is 0 Å². The van der Waals surface area contributed by atoms with Crippen molar-refractivity contribution in [3.8, 4) is 11.1 Å². The van der Waals surface area contributed by atoms with E-state index in [1.54, 1.807) is 0 Å². The van der Waals surface area contributed by atoms with Gasteiger partial charge in [0.15, 0.2) is 0 Å². The topological polar surface area (TPSA) is 105 Å². The molecule has 2 amide bonds. The van der Waals surface area contributed by atoms with Crippen molar-refractivity contribution < 1.29 is 24.2 Å². The van der Waals surface area contributed by atoms with E-state index in [2.05, 4.69) is 34.9 Å². The van der Waals surface area contributed by atoms with Crippen molar-refractivity contribution >= 4 is 18.0 Å². The van der Waals surface area contributed by atoms with E-state index in [-0.39, 0.29) is 48.8 Å². The molecule has 3 N–H and O–H groups in total. The number of aliphatic carboxylic acids is 1. The first-order valence-corrected chi connectivity index (χ1v) is 12.6. The second-order valence-corrected chi connectivity index (χ2v) is 10.1. The lowest BCUT2D eigenvalue weighted by molar-refractivity contribution is -0.141. The van der Waals surface area contributed by atoms with Crippen LogP contribution in [0.1, 0.15) is 56.1 Å². The van der Waals surface area contributed by atoms with Crippen LogP contribution in [-0.2, 0) is 14.3 Å². The second kappa shape index (κ2) is 9.72. The third-order valence-corrected chi connectivity index (χ3v) is 8.11. The highest BCUT2D eigenvalue weighted by Crippen LogP contribution is 2.49. The van der Waals surface area contributed by atoms with Gasteiger partial charge >= 0.3 is 12.1 Å². The Labute approximate surface area is 205 Å². The van der Waals surface area contributed by atoms with Gasteiger partial charge in [-0.25, -0.2) is 4.79 Å². The Bertz CT molecular complexity index is 1090. The van der Waals surface area contributed by atoms with Crippen LogP contribution in [0.4, 0.5) is 4.79 Å². The summed E-state index contributed by atoms with van der Waals surface area (Å²) in [5, 5.41) is 15.2. The van der Waals surface area contributed by atoms with Crippen LogP contribution in [0.2, 0.25) is 0 Å². The number of carboxylic acids is 1.